The Morgan fingerprint density at radius 1 is 1.12 bits per heavy atom. The Kier molecular flexibility index (Phi) is 3.87. The van der Waals surface area contributed by atoms with E-state index in [1.165, 1.54) is 0 Å². The largest absolute Gasteiger partial charge is 0.395 e. The van der Waals surface area contributed by atoms with Crippen molar-refractivity contribution < 1.29 is 13.5 Å². The highest BCUT2D eigenvalue weighted by Gasteiger charge is 2.35. The van der Waals surface area contributed by atoms with Crippen molar-refractivity contribution in [2.75, 3.05) is 18.9 Å². The van der Waals surface area contributed by atoms with E-state index in [1.807, 2.05) is 0 Å². The predicted molar refractivity (Wildman–Crippen MR) is 62.6 cm³/mol. The predicted octanol–water partition coefficient (Wildman–Crippen LogP) is 0.963. The highest BCUT2D eigenvalue weighted by molar-refractivity contribution is 7.89. The van der Waals surface area contributed by atoms with Crippen LogP contribution in [-0.2, 0) is 10.0 Å². The fourth-order valence-electron chi connectivity index (χ4n) is 2.38. The smallest absolute Gasteiger partial charge is 0.214 e. The molecule has 0 aromatic heterocycles. The topological polar surface area (TPSA) is 57.6 Å². The molecule has 2 rings (SSSR count). The third-order valence-electron chi connectivity index (χ3n) is 3.53. The lowest BCUT2D eigenvalue weighted by Crippen LogP contribution is -2.43. The van der Waals surface area contributed by atoms with Gasteiger partial charge in [-0.25, -0.2) is 8.42 Å². The Bertz CT molecular complexity index is 324. The molecular weight excluding hydrogens is 226 g/mol. The zero-order valence-corrected chi connectivity index (χ0v) is 10.5. The van der Waals surface area contributed by atoms with E-state index in [2.05, 4.69) is 0 Å². The SMILES string of the molecule is O=S(=O)(CC1CC1)N1CCCCCC1CO. The van der Waals surface area contributed by atoms with Gasteiger partial charge in [-0.1, -0.05) is 12.8 Å². The summed E-state index contributed by atoms with van der Waals surface area (Å²) in [5.74, 6) is 0.677. The number of rotatable bonds is 4. The molecule has 0 aromatic rings. The summed E-state index contributed by atoms with van der Waals surface area (Å²) in [6.07, 6.45) is 5.95. The molecular formula is C11H21NO3S. The third kappa shape index (κ3) is 2.96. The maximum absolute atomic E-state index is 12.2. The lowest BCUT2D eigenvalue weighted by Gasteiger charge is -2.27. The molecule has 1 heterocycles. The Morgan fingerprint density at radius 2 is 1.88 bits per heavy atom. The second-order valence-electron chi connectivity index (χ2n) is 5.02. The molecule has 0 amide bonds. The van der Waals surface area contributed by atoms with Crippen LogP contribution in [0.25, 0.3) is 0 Å². The molecule has 0 spiro atoms. The van der Waals surface area contributed by atoms with Gasteiger partial charge in [-0.05, 0) is 31.6 Å². The van der Waals surface area contributed by atoms with E-state index in [-0.39, 0.29) is 12.6 Å². The van der Waals surface area contributed by atoms with E-state index in [0.29, 0.717) is 18.2 Å². The zero-order valence-electron chi connectivity index (χ0n) is 9.64. The molecule has 16 heavy (non-hydrogen) atoms. The molecule has 1 aliphatic heterocycles. The molecule has 1 N–H and O–H groups in total. The Balaban J connectivity index is 2.07. The summed E-state index contributed by atoms with van der Waals surface area (Å²) in [4.78, 5) is 0. The normalized spacial score (nSPS) is 28.9. The van der Waals surface area contributed by atoms with E-state index >= 15 is 0 Å². The molecule has 5 heteroatoms. The van der Waals surface area contributed by atoms with Crippen LogP contribution in [-0.4, -0.2) is 42.8 Å². The lowest BCUT2D eigenvalue weighted by molar-refractivity contribution is 0.186. The van der Waals surface area contributed by atoms with Crippen LogP contribution < -0.4 is 0 Å². The van der Waals surface area contributed by atoms with Gasteiger partial charge in [0.1, 0.15) is 0 Å². The second kappa shape index (κ2) is 5.02. The van der Waals surface area contributed by atoms with Crippen molar-refractivity contribution in [3.63, 3.8) is 0 Å². The highest BCUT2D eigenvalue weighted by Crippen LogP contribution is 2.32. The van der Waals surface area contributed by atoms with Gasteiger partial charge in [-0.2, -0.15) is 4.31 Å². The van der Waals surface area contributed by atoms with Gasteiger partial charge in [0.05, 0.1) is 12.4 Å². The van der Waals surface area contributed by atoms with Crippen LogP contribution in [0.4, 0.5) is 0 Å². The second-order valence-corrected chi connectivity index (χ2v) is 6.98. The number of hydrogen-bond donors (Lipinski definition) is 1. The van der Waals surface area contributed by atoms with Gasteiger partial charge in [0.15, 0.2) is 0 Å². The van der Waals surface area contributed by atoms with Gasteiger partial charge in [-0.15, -0.1) is 0 Å². The quantitative estimate of drug-likeness (QED) is 0.805. The summed E-state index contributed by atoms with van der Waals surface area (Å²) >= 11 is 0. The molecule has 1 saturated carbocycles. The van der Waals surface area contributed by atoms with Crippen LogP contribution in [0.1, 0.15) is 38.5 Å². The first kappa shape index (κ1) is 12.3. The van der Waals surface area contributed by atoms with E-state index in [4.69, 9.17) is 0 Å². The lowest BCUT2D eigenvalue weighted by atomic mass is 10.1. The molecule has 0 radical (unpaired) electrons. The monoisotopic (exact) mass is 247 g/mol. The van der Waals surface area contributed by atoms with E-state index in [9.17, 15) is 13.5 Å². The van der Waals surface area contributed by atoms with E-state index < -0.39 is 10.0 Å². The molecule has 0 aromatic carbocycles. The van der Waals surface area contributed by atoms with Crippen LogP contribution >= 0.6 is 0 Å². The minimum absolute atomic E-state index is 0.0378. The summed E-state index contributed by atoms with van der Waals surface area (Å²) in [5, 5.41) is 9.29. The van der Waals surface area contributed by atoms with Gasteiger partial charge >= 0.3 is 0 Å². The summed E-state index contributed by atoms with van der Waals surface area (Å²) in [6, 6.07) is -0.175. The Hall–Kier alpha value is -0.130. The Labute approximate surface area is 97.7 Å². The minimum Gasteiger partial charge on any atom is -0.395 e. The molecule has 4 nitrogen and oxygen atoms in total. The van der Waals surface area contributed by atoms with Gasteiger partial charge < -0.3 is 5.11 Å². The molecule has 2 aliphatic rings. The van der Waals surface area contributed by atoms with Gasteiger partial charge in [0.25, 0.3) is 0 Å². The maximum Gasteiger partial charge on any atom is 0.214 e. The van der Waals surface area contributed by atoms with Crippen molar-refractivity contribution >= 4 is 10.0 Å². The first-order chi connectivity index (χ1) is 7.63. The average Bonchev–Trinajstić information content (AvgIpc) is 3.02. The van der Waals surface area contributed by atoms with Crippen LogP contribution in [0, 0.1) is 5.92 Å². The summed E-state index contributed by atoms with van der Waals surface area (Å²) in [7, 11) is -3.13. The van der Waals surface area contributed by atoms with E-state index in [0.717, 1.165) is 38.5 Å². The van der Waals surface area contributed by atoms with Crippen molar-refractivity contribution in [1.29, 1.82) is 0 Å². The number of sulfonamides is 1. The van der Waals surface area contributed by atoms with Crippen molar-refractivity contribution in [2.45, 2.75) is 44.6 Å². The maximum atomic E-state index is 12.2. The van der Waals surface area contributed by atoms with Gasteiger partial charge in [0.2, 0.25) is 10.0 Å². The zero-order chi connectivity index (χ0) is 11.6. The summed E-state index contributed by atoms with van der Waals surface area (Å²) < 4.78 is 25.9. The molecule has 2 fully saturated rings. The van der Waals surface area contributed by atoms with Crippen molar-refractivity contribution in [1.82, 2.24) is 4.31 Å². The van der Waals surface area contributed by atoms with Crippen LogP contribution in [0.2, 0.25) is 0 Å². The number of nitrogens with zero attached hydrogens (tertiary/aromatic N) is 1. The fourth-order valence-corrected chi connectivity index (χ4v) is 4.53. The molecule has 94 valence electrons. The first-order valence-corrected chi connectivity index (χ1v) is 7.85. The standard InChI is InChI=1S/C11H21NO3S/c13-8-11-4-2-1-3-7-12(11)16(14,15)9-10-5-6-10/h10-11,13H,1-9H2. The van der Waals surface area contributed by atoms with Gasteiger partial charge in [-0.3, -0.25) is 0 Å². The van der Waals surface area contributed by atoms with Crippen LogP contribution in [0.15, 0.2) is 0 Å². The molecule has 1 saturated heterocycles. The third-order valence-corrected chi connectivity index (χ3v) is 5.62. The van der Waals surface area contributed by atoms with Crippen LogP contribution in [0.5, 0.6) is 0 Å². The highest BCUT2D eigenvalue weighted by atomic mass is 32.2. The Morgan fingerprint density at radius 3 is 2.50 bits per heavy atom. The molecule has 1 unspecified atom stereocenters. The van der Waals surface area contributed by atoms with Crippen molar-refractivity contribution in [2.24, 2.45) is 5.92 Å². The van der Waals surface area contributed by atoms with Gasteiger partial charge in [0, 0.05) is 12.6 Å². The van der Waals surface area contributed by atoms with Crippen molar-refractivity contribution in [3.8, 4) is 0 Å². The van der Waals surface area contributed by atoms with Crippen LogP contribution in [0.3, 0.4) is 0 Å². The minimum atomic E-state index is -3.13. The number of hydrogen-bond acceptors (Lipinski definition) is 3. The first-order valence-electron chi connectivity index (χ1n) is 6.24. The molecule has 1 aliphatic carbocycles. The van der Waals surface area contributed by atoms with Crippen molar-refractivity contribution in [3.05, 3.63) is 0 Å². The average molecular weight is 247 g/mol. The summed E-state index contributed by atoms with van der Waals surface area (Å²) in [5.41, 5.74) is 0. The molecule has 1 atom stereocenters. The van der Waals surface area contributed by atoms with E-state index in [1.54, 1.807) is 4.31 Å². The fraction of sp³-hybridized carbons (Fsp3) is 1.00. The summed E-state index contributed by atoms with van der Waals surface area (Å²) in [6.45, 7) is 0.560. The number of aliphatic hydroxyl groups excluding tert-OH is 1. The molecule has 0 bridgehead atoms. The number of aliphatic hydroxyl groups is 1.